The van der Waals surface area contributed by atoms with Crippen molar-refractivity contribution in [3.63, 3.8) is 0 Å². The van der Waals surface area contributed by atoms with E-state index in [1.54, 1.807) is 11.9 Å². The Balaban J connectivity index is 1.24. The zero-order valence-corrected chi connectivity index (χ0v) is 16.8. The average Bonchev–Trinajstić information content (AvgIpc) is 3.14. The number of carbonyl (C=O) groups is 1. The maximum Gasteiger partial charge on any atom is 0.222 e. The van der Waals surface area contributed by atoms with E-state index in [1.807, 2.05) is 24.3 Å². The summed E-state index contributed by atoms with van der Waals surface area (Å²) in [6, 6.07) is 16.3. The largest absolute Gasteiger partial charge is 0.390 e. The molecule has 0 saturated carbocycles. The summed E-state index contributed by atoms with van der Waals surface area (Å²) in [4.78, 5) is 24.1. The predicted octanol–water partition coefficient (Wildman–Crippen LogP) is 2.37. The standard InChI is InChI=1S/C23H28N4O2/c1-26(23(29)11-10-22-24-20-8-4-5-9-21(20)25-22)15-19(28)16-27-13-12-17-6-2-3-7-18(17)14-27/h2-9,19,28H,10-16H2,1H3,(H,24,25)/t19-/m0/s1. The Kier molecular flexibility index (Phi) is 5.92. The molecule has 29 heavy (non-hydrogen) atoms. The van der Waals surface area contributed by atoms with Gasteiger partial charge in [0.05, 0.1) is 17.1 Å². The molecule has 0 unspecified atom stereocenters. The number of hydrogen-bond donors (Lipinski definition) is 2. The summed E-state index contributed by atoms with van der Waals surface area (Å²) >= 11 is 0. The Morgan fingerprint density at radius 2 is 1.97 bits per heavy atom. The van der Waals surface area contributed by atoms with Crippen LogP contribution in [-0.2, 0) is 24.2 Å². The number of benzene rings is 2. The van der Waals surface area contributed by atoms with Gasteiger partial charge in [0.2, 0.25) is 5.91 Å². The second kappa shape index (κ2) is 8.76. The van der Waals surface area contributed by atoms with E-state index < -0.39 is 6.10 Å². The Morgan fingerprint density at radius 3 is 2.79 bits per heavy atom. The molecule has 0 radical (unpaired) electrons. The van der Waals surface area contributed by atoms with Gasteiger partial charge in [-0.3, -0.25) is 9.69 Å². The predicted molar refractivity (Wildman–Crippen MR) is 113 cm³/mol. The van der Waals surface area contributed by atoms with Gasteiger partial charge in [-0.2, -0.15) is 0 Å². The first-order valence-corrected chi connectivity index (χ1v) is 10.2. The van der Waals surface area contributed by atoms with Crippen LogP contribution < -0.4 is 0 Å². The monoisotopic (exact) mass is 392 g/mol. The number of aromatic nitrogens is 2. The summed E-state index contributed by atoms with van der Waals surface area (Å²) in [5, 5.41) is 10.5. The van der Waals surface area contributed by atoms with Crippen molar-refractivity contribution in [2.45, 2.75) is 31.9 Å². The molecular formula is C23H28N4O2. The van der Waals surface area contributed by atoms with Crippen molar-refractivity contribution < 1.29 is 9.90 Å². The number of aromatic amines is 1. The maximum atomic E-state index is 12.5. The molecule has 0 saturated heterocycles. The van der Waals surface area contributed by atoms with Crippen LogP contribution in [0.15, 0.2) is 48.5 Å². The first-order chi connectivity index (χ1) is 14.1. The quantitative estimate of drug-likeness (QED) is 0.648. The van der Waals surface area contributed by atoms with Crippen molar-refractivity contribution in [2.75, 3.05) is 26.7 Å². The van der Waals surface area contributed by atoms with E-state index in [1.165, 1.54) is 11.1 Å². The van der Waals surface area contributed by atoms with Gasteiger partial charge in [-0.05, 0) is 29.7 Å². The zero-order chi connectivity index (χ0) is 20.2. The lowest BCUT2D eigenvalue weighted by Gasteiger charge is -2.31. The summed E-state index contributed by atoms with van der Waals surface area (Å²) in [6.45, 7) is 2.72. The number of rotatable bonds is 7. The molecule has 152 valence electrons. The number of aliphatic hydroxyl groups is 1. The van der Waals surface area contributed by atoms with Gasteiger partial charge < -0.3 is 15.0 Å². The minimum Gasteiger partial charge on any atom is -0.390 e. The van der Waals surface area contributed by atoms with Crippen LogP contribution in [0.2, 0.25) is 0 Å². The Hall–Kier alpha value is -2.70. The van der Waals surface area contributed by atoms with E-state index in [-0.39, 0.29) is 5.91 Å². The number of H-pyrrole nitrogens is 1. The zero-order valence-electron chi connectivity index (χ0n) is 16.8. The lowest BCUT2D eigenvalue weighted by molar-refractivity contribution is -0.131. The molecule has 2 heterocycles. The number of β-amino-alcohol motifs (C(OH)–C–C–N with tert-alkyl or cyclic N) is 1. The third-order valence-electron chi connectivity index (χ3n) is 5.60. The van der Waals surface area contributed by atoms with Crippen LogP contribution in [0, 0.1) is 0 Å². The molecule has 1 atom stereocenters. The van der Waals surface area contributed by atoms with Gasteiger partial charge in [0.25, 0.3) is 0 Å². The normalized spacial score (nSPS) is 15.2. The number of hydrogen-bond acceptors (Lipinski definition) is 4. The first-order valence-electron chi connectivity index (χ1n) is 10.2. The Bertz CT molecular complexity index is 951. The van der Waals surface area contributed by atoms with E-state index in [2.05, 4.69) is 39.1 Å². The fraction of sp³-hybridized carbons (Fsp3) is 0.391. The van der Waals surface area contributed by atoms with Crippen LogP contribution in [0.1, 0.15) is 23.4 Å². The molecule has 0 fully saturated rings. The van der Waals surface area contributed by atoms with Gasteiger partial charge >= 0.3 is 0 Å². The molecule has 0 spiro atoms. The number of amides is 1. The van der Waals surface area contributed by atoms with E-state index in [0.29, 0.717) is 25.9 Å². The van der Waals surface area contributed by atoms with Crippen LogP contribution in [0.25, 0.3) is 11.0 Å². The van der Waals surface area contributed by atoms with Crippen LogP contribution >= 0.6 is 0 Å². The molecule has 1 amide bonds. The molecule has 4 rings (SSSR count). The molecule has 2 aromatic carbocycles. The molecule has 3 aromatic rings. The molecule has 2 N–H and O–H groups in total. The van der Waals surface area contributed by atoms with Gasteiger partial charge in [-0.15, -0.1) is 0 Å². The highest BCUT2D eigenvalue weighted by Crippen LogP contribution is 2.18. The van der Waals surface area contributed by atoms with Gasteiger partial charge in [0.15, 0.2) is 0 Å². The van der Waals surface area contributed by atoms with E-state index >= 15 is 0 Å². The molecule has 6 nitrogen and oxygen atoms in total. The highest BCUT2D eigenvalue weighted by Gasteiger charge is 2.20. The summed E-state index contributed by atoms with van der Waals surface area (Å²) in [5.41, 5.74) is 4.64. The van der Waals surface area contributed by atoms with Crippen molar-refractivity contribution in [2.24, 2.45) is 0 Å². The number of aryl methyl sites for hydroxylation is 1. The number of nitrogens with zero attached hydrogens (tertiary/aromatic N) is 3. The number of imidazole rings is 1. The highest BCUT2D eigenvalue weighted by molar-refractivity contribution is 5.77. The van der Waals surface area contributed by atoms with Gasteiger partial charge in [0.1, 0.15) is 5.82 Å². The van der Waals surface area contributed by atoms with Crippen molar-refractivity contribution in [3.05, 3.63) is 65.5 Å². The smallest absolute Gasteiger partial charge is 0.222 e. The fourth-order valence-electron chi connectivity index (χ4n) is 4.02. The Morgan fingerprint density at radius 1 is 1.21 bits per heavy atom. The summed E-state index contributed by atoms with van der Waals surface area (Å²) in [6.07, 6.45) is 1.40. The van der Waals surface area contributed by atoms with Crippen LogP contribution in [0.4, 0.5) is 0 Å². The van der Waals surface area contributed by atoms with E-state index in [9.17, 15) is 9.90 Å². The van der Waals surface area contributed by atoms with E-state index in [0.717, 1.165) is 36.4 Å². The molecule has 0 aliphatic carbocycles. The fourth-order valence-corrected chi connectivity index (χ4v) is 4.02. The highest BCUT2D eigenvalue weighted by atomic mass is 16.3. The van der Waals surface area contributed by atoms with E-state index in [4.69, 9.17) is 0 Å². The number of para-hydroxylation sites is 2. The van der Waals surface area contributed by atoms with Gasteiger partial charge in [0, 0.05) is 46.1 Å². The van der Waals surface area contributed by atoms with Crippen LogP contribution in [0.5, 0.6) is 0 Å². The average molecular weight is 393 g/mol. The first kappa shape index (κ1) is 19.6. The lowest BCUT2D eigenvalue weighted by atomic mass is 10.00. The number of fused-ring (bicyclic) bond motifs is 2. The van der Waals surface area contributed by atoms with Crippen molar-refractivity contribution >= 4 is 16.9 Å². The minimum atomic E-state index is -0.555. The lowest BCUT2D eigenvalue weighted by Crippen LogP contribution is -2.42. The molecule has 1 aromatic heterocycles. The van der Waals surface area contributed by atoms with Gasteiger partial charge in [-0.1, -0.05) is 36.4 Å². The maximum absolute atomic E-state index is 12.5. The molecule has 1 aliphatic rings. The molecule has 0 bridgehead atoms. The Labute approximate surface area is 171 Å². The summed E-state index contributed by atoms with van der Waals surface area (Å²) in [7, 11) is 1.76. The number of likely N-dealkylation sites (N-methyl/N-ethyl adjacent to an activating group) is 1. The molecular weight excluding hydrogens is 364 g/mol. The van der Waals surface area contributed by atoms with Crippen molar-refractivity contribution in [3.8, 4) is 0 Å². The topological polar surface area (TPSA) is 72.5 Å². The third kappa shape index (κ3) is 4.83. The minimum absolute atomic E-state index is 0.0218. The second-order valence-electron chi connectivity index (χ2n) is 7.88. The molecule has 6 heteroatoms. The number of carbonyl (C=O) groups excluding carboxylic acids is 1. The SMILES string of the molecule is CN(C[C@H](O)CN1CCc2ccccc2C1)C(=O)CCc1nc2ccccc2[nH]1. The van der Waals surface area contributed by atoms with Crippen molar-refractivity contribution in [1.82, 2.24) is 19.8 Å². The summed E-state index contributed by atoms with van der Waals surface area (Å²) < 4.78 is 0. The summed E-state index contributed by atoms with van der Waals surface area (Å²) in [5.74, 6) is 0.842. The van der Waals surface area contributed by atoms with Crippen LogP contribution in [0.3, 0.4) is 0 Å². The number of aliphatic hydroxyl groups excluding tert-OH is 1. The second-order valence-corrected chi connectivity index (χ2v) is 7.88. The third-order valence-corrected chi connectivity index (χ3v) is 5.60. The van der Waals surface area contributed by atoms with Gasteiger partial charge in [-0.25, -0.2) is 4.98 Å². The van der Waals surface area contributed by atoms with Crippen molar-refractivity contribution in [1.29, 1.82) is 0 Å². The van der Waals surface area contributed by atoms with Crippen LogP contribution in [-0.4, -0.2) is 63.6 Å². The number of nitrogens with one attached hydrogen (secondary N) is 1. The molecule has 1 aliphatic heterocycles.